The second-order valence-corrected chi connectivity index (χ2v) is 8.12. The zero-order valence-electron chi connectivity index (χ0n) is 16.5. The Kier molecular flexibility index (Phi) is 6.20. The smallest absolute Gasteiger partial charge is 0.253 e. The Balaban J connectivity index is 1.21. The fourth-order valence-corrected chi connectivity index (χ4v) is 4.10. The van der Waals surface area contributed by atoms with E-state index in [1.165, 1.54) is 0 Å². The summed E-state index contributed by atoms with van der Waals surface area (Å²) in [7, 11) is 0. The van der Waals surface area contributed by atoms with Crippen molar-refractivity contribution in [2.75, 3.05) is 32.7 Å². The first-order chi connectivity index (χ1) is 14.6. The van der Waals surface area contributed by atoms with Crippen LogP contribution in [-0.4, -0.2) is 64.5 Å². The Hall–Kier alpha value is -3.04. The molecule has 0 atom stereocenters. The van der Waals surface area contributed by atoms with Crippen molar-refractivity contribution in [2.45, 2.75) is 12.8 Å². The minimum Gasteiger partial charge on any atom is -0.366 e. The van der Waals surface area contributed by atoms with Crippen molar-refractivity contribution >= 4 is 23.2 Å². The van der Waals surface area contributed by atoms with Crippen LogP contribution in [0.25, 0.3) is 10.7 Å². The van der Waals surface area contributed by atoms with Crippen molar-refractivity contribution in [3.05, 3.63) is 58.8 Å². The molecule has 0 radical (unpaired) electrons. The molecule has 3 heterocycles. The summed E-state index contributed by atoms with van der Waals surface area (Å²) >= 11 is 1.59. The Morgan fingerprint density at radius 3 is 2.47 bits per heavy atom. The standard InChI is InChI=1S/C21H23N5O3S/c22-19(27)15-5-7-16(8-6-15)21(28)26-12-10-25(11-13-26)9-1-4-18-23-20(24-29-18)17-3-2-14-30-17/h2-3,5-8,14H,1,4,9-13H2,(H2,22,27). The first kappa shape index (κ1) is 20.2. The predicted molar refractivity (Wildman–Crippen MR) is 113 cm³/mol. The number of nitrogens with two attached hydrogens (primary N) is 1. The summed E-state index contributed by atoms with van der Waals surface area (Å²) in [6.45, 7) is 3.94. The molecule has 2 aromatic heterocycles. The van der Waals surface area contributed by atoms with Crippen LogP contribution in [-0.2, 0) is 6.42 Å². The van der Waals surface area contributed by atoms with E-state index in [1.807, 2.05) is 22.4 Å². The van der Waals surface area contributed by atoms with Gasteiger partial charge in [-0.15, -0.1) is 11.3 Å². The lowest BCUT2D eigenvalue weighted by Gasteiger charge is -2.34. The van der Waals surface area contributed by atoms with Crippen LogP contribution in [0.5, 0.6) is 0 Å². The maximum atomic E-state index is 12.7. The molecule has 2 N–H and O–H groups in total. The zero-order chi connectivity index (χ0) is 20.9. The number of benzene rings is 1. The fourth-order valence-electron chi connectivity index (χ4n) is 3.45. The summed E-state index contributed by atoms with van der Waals surface area (Å²) in [4.78, 5) is 33.5. The van der Waals surface area contributed by atoms with Gasteiger partial charge in [-0.1, -0.05) is 11.2 Å². The maximum Gasteiger partial charge on any atom is 0.253 e. The van der Waals surface area contributed by atoms with Crippen LogP contribution >= 0.6 is 11.3 Å². The third-order valence-electron chi connectivity index (χ3n) is 5.15. The highest BCUT2D eigenvalue weighted by Crippen LogP contribution is 2.21. The van der Waals surface area contributed by atoms with E-state index in [0.29, 0.717) is 35.9 Å². The molecule has 30 heavy (non-hydrogen) atoms. The Labute approximate surface area is 178 Å². The Morgan fingerprint density at radius 1 is 1.07 bits per heavy atom. The molecule has 0 spiro atoms. The average Bonchev–Trinajstić information content (AvgIpc) is 3.46. The van der Waals surface area contributed by atoms with E-state index < -0.39 is 5.91 Å². The summed E-state index contributed by atoms with van der Waals surface area (Å²) in [5.41, 5.74) is 6.22. The molecule has 0 saturated carbocycles. The van der Waals surface area contributed by atoms with Gasteiger partial charge >= 0.3 is 0 Å². The molecule has 1 aromatic carbocycles. The lowest BCUT2D eigenvalue weighted by Crippen LogP contribution is -2.48. The third-order valence-corrected chi connectivity index (χ3v) is 6.02. The van der Waals surface area contributed by atoms with Crippen molar-refractivity contribution in [1.29, 1.82) is 0 Å². The topological polar surface area (TPSA) is 106 Å². The van der Waals surface area contributed by atoms with Crippen LogP contribution in [0.3, 0.4) is 0 Å². The number of carbonyl (C=O) groups excluding carboxylic acids is 2. The molecule has 8 nitrogen and oxygen atoms in total. The number of nitrogens with zero attached hydrogens (tertiary/aromatic N) is 4. The molecule has 2 amide bonds. The van der Waals surface area contributed by atoms with Crippen LogP contribution in [0.2, 0.25) is 0 Å². The first-order valence-corrected chi connectivity index (χ1v) is 10.8. The van der Waals surface area contributed by atoms with E-state index in [2.05, 4.69) is 15.0 Å². The van der Waals surface area contributed by atoms with E-state index >= 15 is 0 Å². The summed E-state index contributed by atoms with van der Waals surface area (Å²) in [6.07, 6.45) is 1.67. The van der Waals surface area contributed by atoms with Crippen LogP contribution < -0.4 is 5.73 Å². The van der Waals surface area contributed by atoms with Gasteiger partial charge < -0.3 is 15.2 Å². The van der Waals surface area contributed by atoms with Gasteiger partial charge in [0.25, 0.3) is 5.91 Å². The lowest BCUT2D eigenvalue weighted by molar-refractivity contribution is 0.0635. The van der Waals surface area contributed by atoms with E-state index in [-0.39, 0.29) is 5.91 Å². The van der Waals surface area contributed by atoms with Gasteiger partial charge in [0.1, 0.15) is 0 Å². The highest BCUT2D eigenvalue weighted by atomic mass is 32.1. The average molecular weight is 426 g/mol. The van der Waals surface area contributed by atoms with Gasteiger partial charge in [0.15, 0.2) is 0 Å². The zero-order valence-corrected chi connectivity index (χ0v) is 17.3. The minimum absolute atomic E-state index is 0.0161. The van der Waals surface area contributed by atoms with E-state index in [1.54, 1.807) is 35.6 Å². The third kappa shape index (κ3) is 4.74. The number of aryl methyl sites for hydroxylation is 1. The predicted octanol–water partition coefficient (Wildman–Crippen LogP) is 2.29. The van der Waals surface area contributed by atoms with Crippen molar-refractivity contribution in [3.63, 3.8) is 0 Å². The second kappa shape index (κ2) is 9.19. The number of aromatic nitrogens is 2. The quantitative estimate of drug-likeness (QED) is 0.623. The monoisotopic (exact) mass is 425 g/mol. The number of amides is 2. The Morgan fingerprint density at radius 2 is 1.80 bits per heavy atom. The highest BCUT2D eigenvalue weighted by Gasteiger charge is 2.22. The van der Waals surface area contributed by atoms with Crippen molar-refractivity contribution in [2.24, 2.45) is 5.73 Å². The fraction of sp³-hybridized carbons (Fsp3) is 0.333. The van der Waals surface area contributed by atoms with Crippen molar-refractivity contribution < 1.29 is 14.1 Å². The highest BCUT2D eigenvalue weighted by molar-refractivity contribution is 7.13. The molecule has 0 aliphatic carbocycles. The maximum absolute atomic E-state index is 12.7. The molecular formula is C21H23N5O3S. The number of hydrogen-bond donors (Lipinski definition) is 1. The summed E-state index contributed by atoms with van der Waals surface area (Å²) in [5.74, 6) is 0.797. The number of primary amides is 1. The van der Waals surface area contributed by atoms with Gasteiger partial charge in [0.05, 0.1) is 4.88 Å². The van der Waals surface area contributed by atoms with Crippen LogP contribution in [0, 0.1) is 0 Å². The second-order valence-electron chi connectivity index (χ2n) is 7.17. The molecule has 156 valence electrons. The minimum atomic E-state index is -0.495. The number of piperazine rings is 1. The van der Waals surface area contributed by atoms with Gasteiger partial charge in [-0.3, -0.25) is 14.5 Å². The van der Waals surface area contributed by atoms with Gasteiger partial charge in [-0.2, -0.15) is 4.98 Å². The summed E-state index contributed by atoms with van der Waals surface area (Å²) in [5, 5.41) is 6.03. The number of carbonyl (C=O) groups is 2. The van der Waals surface area contributed by atoms with Gasteiger partial charge in [-0.25, -0.2) is 0 Å². The molecule has 1 aliphatic heterocycles. The normalized spacial score (nSPS) is 14.7. The van der Waals surface area contributed by atoms with E-state index in [9.17, 15) is 9.59 Å². The number of rotatable bonds is 7. The molecule has 1 fully saturated rings. The molecule has 0 unspecified atom stereocenters. The van der Waals surface area contributed by atoms with Crippen molar-refractivity contribution in [1.82, 2.24) is 19.9 Å². The molecule has 0 bridgehead atoms. The number of hydrogen-bond acceptors (Lipinski definition) is 7. The molecule has 3 aromatic rings. The van der Waals surface area contributed by atoms with E-state index in [4.69, 9.17) is 10.3 Å². The molecular weight excluding hydrogens is 402 g/mol. The van der Waals surface area contributed by atoms with Crippen LogP contribution in [0.15, 0.2) is 46.3 Å². The lowest BCUT2D eigenvalue weighted by atomic mass is 10.1. The van der Waals surface area contributed by atoms with Crippen LogP contribution in [0.1, 0.15) is 33.0 Å². The molecule has 1 saturated heterocycles. The first-order valence-electron chi connectivity index (χ1n) is 9.88. The van der Waals surface area contributed by atoms with Gasteiger partial charge in [0, 0.05) is 43.7 Å². The largest absolute Gasteiger partial charge is 0.366 e. The molecule has 9 heteroatoms. The van der Waals surface area contributed by atoms with E-state index in [0.717, 1.165) is 37.4 Å². The Bertz CT molecular complexity index is 992. The summed E-state index contributed by atoms with van der Waals surface area (Å²) in [6, 6.07) is 10.4. The number of thiophene rings is 1. The SMILES string of the molecule is NC(=O)c1ccc(C(=O)N2CCN(CCCc3nc(-c4cccs4)no3)CC2)cc1. The van der Waals surface area contributed by atoms with Gasteiger partial charge in [0.2, 0.25) is 17.6 Å². The molecule has 1 aliphatic rings. The summed E-state index contributed by atoms with van der Waals surface area (Å²) < 4.78 is 5.34. The van der Waals surface area contributed by atoms with Crippen LogP contribution in [0.4, 0.5) is 0 Å². The van der Waals surface area contributed by atoms with Crippen molar-refractivity contribution in [3.8, 4) is 10.7 Å². The molecule has 4 rings (SSSR count). The van der Waals surface area contributed by atoms with Gasteiger partial charge in [-0.05, 0) is 48.7 Å².